The van der Waals surface area contributed by atoms with Gasteiger partial charge in [0.05, 0.1) is 35.4 Å². The molecule has 13 nitrogen and oxygen atoms in total. The summed E-state index contributed by atoms with van der Waals surface area (Å²) in [5.41, 5.74) is -0.943. The number of rotatable bonds is 2. The van der Waals surface area contributed by atoms with E-state index in [9.17, 15) is 34.5 Å². The summed E-state index contributed by atoms with van der Waals surface area (Å²) in [7, 11) is 0. The summed E-state index contributed by atoms with van der Waals surface area (Å²) in [6.45, 7) is 11.1. The fraction of sp³-hybridized carbons (Fsp3) is 0.875. The number of carbonyl (C=O) groups excluding carboxylic acids is 4. The summed E-state index contributed by atoms with van der Waals surface area (Å²) < 4.78 is 30.0. The maximum atomic E-state index is 14.7. The number of ketones is 1. The molecule has 5 aliphatic carbocycles. The molecule has 3 aliphatic heterocycles. The molecule has 0 aromatic carbocycles. The zero-order valence-corrected chi connectivity index (χ0v) is 26.5. The Morgan fingerprint density at radius 1 is 0.933 bits per heavy atom. The van der Waals surface area contributed by atoms with Gasteiger partial charge in [-0.1, -0.05) is 20.8 Å². The highest BCUT2D eigenvalue weighted by atomic mass is 16.8. The van der Waals surface area contributed by atoms with E-state index in [0.717, 1.165) is 0 Å². The van der Waals surface area contributed by atoms with E-state index in [2.05, 4.69) is 0 Å². The minimum atomic E-state index is -2.07. The molecular weight excluding hydrogens is 590 g/mol. The number of carbonyl (C=O) groups is 4. The van der Waals surface area contributed by atoms with Gasteiger partial charge in [-0.25, -0.2) is 4.79 Å². The molecule has 2 unspecified atom stereocenters. The summed E-state index contributed by atoms with van der Waals surface area (Å²) in [4.78, 5) is 53.6. The first kappa shape index (κ1) is 30.2. The summed E-state index contributed by atoms with van der Waals surface area (Å²) in [6.07, 6.45) is -4.35. The number of Topliss-reactive ketones (excluding diaryl/α,β-unsaturated/α-hetero) is 1. The average Bonchev–Trinajstić information content (AvgIpc) is 3.82. The minimum absolute atomic E-state index is 0.115. The van der Waals surface area contributed by atoms with Crippen LogP contribution in [0, 0.1) is 51.8 Å². The smallest absolute Gasteiger partial charge is 0.341 e. The van der Waals surface area contributed by atoms with E-state index in [1.807, 2.05) is 20.8 Å². The Balaban J connectivity index is 1.38. The van der Waals surface area contributed by atoms with Crippen molar-refractivity contribution in [2.24, 2.45) is 57.5 Å². The van der Waals surface area contributed by atoms with Crippen LogP contribution < -0.4 is 5.73 Å². The summed E-state index contributed by atoms with van der Waals surface area (Å²) >= 11 is 0. The van der Waals surface area contributed by atoms with Crippen molar-refractivity contribution in [2.45, 2.75) is 121 Å². The number of hydrogen-bond acceptors (Lipinski definition) is 13. The van der Waals surface area contributed by atoms with Gasteiger partial charge in [0.1, 0.15) is 18.3 Å². The van der Waals surface area contributed by atoms with Gasteiger partial charge in [0.2, 0.25) is 5.79 Å². The van der Waals surface area contributed by atoms with Gasteiger partial charge in [0, 0.05) is 54.8 Å². The van der Waals surface area contributed by atoms with Crippen molar-refractivity contribution in [2.75, 3.05) is 0 Å². The molecule has 0 radical (unpaired) electrons. The number of hydrogen-bond donors (Lipinski definition) is 4. The molecule has 3 heterocycles. The molecule has 1 spiro atoms. The average molecular weight is 634 g/mol. The molecule has 0 aromatic heterocycles. The fourth-order valence-electron chi connectivity index (χ4n) is 12.5. The number of epoxide rings is 2. The third-order valence-electron chi connectivity index (χ3n) is 14.6. The Labute approximate surface area is 260 Å². The van der Waals surface area contributed by atoms with E-state index in [-0.39, 0.29) is 18.6 Å². The van der Waals surface area contributed by atoms with Gasteiger partial charge in [-0.15, -0.1) is 0 Å². The van der Waals surface area contributed by atoms with Gasteiger partial charge >= 0.3 is 17.9 Å². The van der Waals surface area contributed by atoms with E-state index >= 15 is 0 Å². The minimum Gasteiger partial charge on any atom is -0.458 e. The number of esters is 3. The molecule has 0 amide bonds. The Bertz CT molecular complexity index is 1450. The van der Waals surface area contributed by atoms with E-state index in [0.29, 0.717) is 6.42 Å². The molecule has 8 fully saturated rings. The third-order valence-corrected chi connectivity index (χ3v) is 14.6. The predicted octanol–water partition coefficient (Wildman–Crippen LogP) is -0.407. The van der Waals surface area contributed by atoms with E-state index < -0.39 is 123 Å². The second-order valence-corrected chi connectivity index (χ2v) is 16.2. The maximum absolute atomic E-state index is 14.7. The first-order valence-corrected chi connectivity index (χ1v) is 16.1. The third kappa shape index (κ3) is 3.00. The molecule has 19 atom stereocenters. The molecule has 8 rings (SSSR count). The topological polar surface area (TPSA) is 208 Å². The summed E-state index contributed by atoms with van der Waals surface area (Å²) in [5.74, 6) is -8.90. The standard InChI is InChI=1S/C32H43NO12/c1-10-16-19(29(6)30(7,39)26(38)45-32(29)24(10)44-32)21(37)17-15-18(22(41-11(2)34)25(28(16,17)5)42-12(3)35)27(4)8-13-14(43-13)9-31(27,40)23(33)20(15)36/h10,13-19,21-25,37,39-40H,8-9,33H2,1-7H3/t10-,13+,14-,15?,16-,17+,18?,19-,21+,22-,23+,24+,25-,27+,28+,29-,30+,31-,32-/m0/s1. The highest BCUT2D eigenvalue weighted by Crippen LogP contribution is 2.80. The van der Waals surface area contributed by atoms with Crippen LogP contribution in [-0.4, -0.2) is 98.7 Å². The molecule has 0 bridgehead atoms. The van der Waals surface area contributed by atoms with Gasteiger partial charge in [-0.05, 0) is 32.1 Å². The lowest BCUT2D eigenvalue weighted by molar-refractivity contribution is -0.270. The first-order chi connectivity index (χ1) is 20.8. The Morgan fingerprint density at radius 2 is 1.56 bits per heavy atom. The lowest BCUT2D eigenvalue weighted by atomic mass is 9.40. The normalized spacial score (nSPS) is 63.0. The van der Waals surface area contributed by atoms with Gasteiger partial charge in [0.15, 0.2) is 11.4 Å². The highest BCUT2D eigenvalue weighted by molar-refractivity contribution is 5.90. The molecule has 3 saturated heterocycles. The largest absolute Gasteiger partial charge is 0.458 e. The van der Waals surface area contributed by atoms with Gasteiger partial charge in [-0.2, -0.15) is 0 Å². The second kappa shape index (κ2) is 8.27. The number of aliphatic hydroxyl groups excluding tert-OH is 1. The fourth-order valence-corrected chi connectivity index (χ4v) is 12.5. The number of nitrogens with two attached hydrogens (primary N) is 1. The van der Waals surface area contributed by atoms with Crippen LogP contribution in [0.4, 0.5) is 0 Å². The molecule has 248 valence electrons. The number of ether oxygens (including phenoxy) is 5. The van der Waals surface area contributed by atoms with Crippen LogP contribution in [0.2, 0.25) is 0 Å². The Kier molecular flexibility index (Phi) is 5.55. The maximum Gasteiger partial charge on any atom is 0.341 e. The van der Waals surface area contributed by atoms with Crippen molar-refractivity contribution >= 4 is 23.7 Å². The van der Waals surface area contributed by atoms with Crippen molar-refractivity contribution in [1.82, 2.24) is 0 Å². The monoisotopic (exact) mass is 633 g/mol. The van der Waals surface area contributed by atoms with Crippen LogP contribution in [0.3, 0.4) is 0 Å². The second-order valence-electron chi connectivity index (χ2n) is 16.2. The molecule has 5 saturated carbocycles. The van der Waals surface area contributed by atoms with Crippen molar-refractivity contribution in [3.05, 3.63) is 0 Å². The lowest BCUT2D eigenvalue weighted by Crippen LogP contribution is -2.79. The van der Waals surface area contributed by atoms with Crippen LogP contribution in [0.25, 0.3) is 0 Å². The zero-order valence-electron chi connectivity index (χ0n) is 26.5. The SMILES string of the molecule is CC(=O)O[C@H]1C2C(C(=O)[C@@H](N)[C@@]3(O)C[C@@H]4O[C@@H]4C[C@]23C)[C@@H]2[C@@H](O)[C@@H]3[C@H]([C@H](C)[C@H]4O[C@]45OC(=O)[C@@](C)(O)[C@]35C)[C@@]2(C)[C@H]1OC(C)=O. The van der Waals surface area contributed by atoms with Crippen LogP contribution in [0.15, 0.2) is 0 Å². The summed E-state index contributed by atoms with van der Waals surface area (Å²) in [6, 6.07) is -1.33. The van der Waals surface area contributed by atoms with Crippen molar-refractivity contribution < 1.29 is 58.2 Å². The predicted molar refractivity (Wildman–Crippen MR) is 148 cm³/mol. The summed E-state index contributed by atoms with van der Waals surface area (Å²) in [5, 5.41) is 36.8. The van der Waals surface area contributed by atoms with Crippen molar-refractivity contribution in [3.8, 4) is 0 Å². The molecule has 13 heteroatoms. The molecule has 8 aliphatic rings. The molecule has 0 aromatic rings. The van der Waals surface area contributed by atoms with Crippen molar-refractivity contribution in [3.63, 3.8) is 0 Å². The Hall–Kier alpha value is -2.16. The van der Waals surface area contributed by atoms with Crippen LogP contribution >= 0.6 is 0 Å². The van der Waals surface area contributed by atoms with E-state index in [1.165, 1.54) is 20.8 Å². The number of fused-ring (bicyclic) bond motifs is 9. The van der Waals surface area contributed by atoms with E-state index in [4.69, 9.17) is 29.4 Å². The van der Waals surface area contributed by atoms with Gasteiger partial charge in [-0.3, -0.25) is 14.4 Å². The first-order valence-electron chi connectivity index (χ1n) is 16.1. The quantitative estimate of drug-likeness (QED) is 0.174. The Morgan fingerprint density at radius 3 is 2.18 bits per heavy atom. The van der Waals surface area contributed by atoms with Crippen LogP contribution in [-0.2, 0) is 42.9 Å². The zero-order chi connectivity index (χ0) is 32.8. The lowest BCUT2D eigenvalue weighted by Gasteiger charge is -2.66. The van der Waals surface area contributed by atoms with Crippen molar-refractivity contribution in [1.29, 1.82) is 0 Å². The number of aliphatic hydroxyl groups is 3. The van der Waals surface area contributed by atoms with E-state index in [1.54, 1.807) is 6.92 Å². The highest BCUT2D eigenvalue weighted by Gasteiger charge is 2.93. The van der Waals surface area contributed by atoms with Crippen LogP contribution in [0.5, 0.6) is 0 Å². The molecule has 5 N–H and O–H groups in total. The van der Waals surface area contributed by atoms with Gasteiger partial charge < -0.3 is 44.7 Å². The molecular formula is C32H43NO12. The van der Waals surface area contributed by atoms with Crippen LogP contribution in [0.1, 0.15) is 61.3 Å². The van der Waals surface area contributed by atoms with Gasteiger partial charge in [0.25, 0.3) is 0 Å². The molecule has 45 heavy (non-hydrogen) atoms.